The summed E-state index contributed by atoms with van der Waals surface area (Å²) in [6.07, 6.45) is 0. The number of oxime groups is 1. The molecule has 0 saturated heterocycles. The number of carbonyl (C=O) groups excluding carboxylic acids is 1. The molecule has 2 aromatic rings. The van der Waals surface area contributed by atoms with E-state index in [2.05, 4.69) is 11.2 Å². The lowest BCUT2D eigenvalue weighted by atomic mass is 10.0. The Morgan fingerprint density at radius 2 is 1.84 bits per heavy atom. The van der Waals surface area contributed by atoms with E-state index >= 15 is 0 Å². The zero-order chi connectivity index (χ0) is 18.4. The minimum atomic E-state index is -0.221. The summed E-state index contributed by atoms with van der Waals surface area (Å²) < 4.78 is 5.97. The summed E-state index contributed by atoms with van der Waals surface area (Å²) in [7, 11) is 4.79. The van der Waals surface area contributed by atoms with Gasteiger partial charge in [0.15, 0.2) is 5.71 Å². The number of hydrogen-bond acceptors (Lipinski definition) is 4. The number of hydrogen-bond donors (Lipinski definition) is 0. The van der Waals surface area contributed by atoms with Crippen molar-refractivity contribution in [3.8, 4) is 5.75 Å². The predicted octanol–water partition coefficient (Wildman–Crippen LogP) is 3.32. The molecule has 0 aliphatic carbocycles. The molecule has 0 unspecified atom stereocenters. The van der Waals surface area contributed by atoms with Gasteiger partial charge in [-0.3, -0.25) is 4.79 Å². The summed E-state index contributed by atoms with van der Waals surface area (Å²) in [5, 5.41) is 3.93. The molecule has 0 aliphatic heterocycles. The maximum Gasteiger partial charge on any atom is 0.276 e. The van der Waals surface area contributed by atoms with Crippen LogP contribution in [0.2, 0.25) is 0 Å². The van der Waals surface area contributed by atoms with Crippen LogP contribution in [0.15, 0.2) is 47.6 Å². The van der Waals surface area contributed by atoms with Gasteiger partial charge in [-0.2, -0.15) is 0 Å². The SMILES string of the molecule is CON=C(C(=O)N(C)C)c1ccccc1COc1ccc(C)cc1C. The molecule has 0 fully saturated rings. The molecule has 2 rings (SSSR count). The van der Waals surface area contributed by atoms with E-state index in [1.807, 2.05) is 50.2 Å². The Kier molecular flexibility index (Phi) is 6.17. The Morgan fingerprint density at radius 1 is 1.12 bits per heavy atom. The van der Waals surface area contributed by atoms with Crippen molar-refractivity contribution in [3.05, 3.63) is 64.7 Å². The fourth-order valence-corrected chi connectivity index (χ4v) is 2.50. The van der Waals surface area contributed by atoms with E-state index in [-0.39, 0.29) is 11.6 Å². The smallest absolute Gasteiger partial charge is 0.276 e. The molecular weight excluding hydrogens is 316 g/mol. The normalized spacial score (nSPS) is 11.2. The second kappa shape index (κ2) is 8.33. The largest absolute Gasteiger partial charge is 0.489 e. The van der Waals surface area contributed by atoms with Gasteiger partial charge in [0, 0.05) is 19.7 Å². The summed E-state index contributed by atoms with van der Waals surface area (Å²) in [5.74, 6) is 0.602. The van der Waals surface area contributed by atoms with Crippen LogP contribution < -0.4 is 4.74 Å². The zero-order valence-electron chi connectivity index (χ0n) is 15.4. The van der Waals surface area contributed by atoms with Crippen molar-refractivity contribution in [2.24, 2.45) is 5.16 Å². The molecule has 5 nitrogen and oxygen atoms in total. The third-order valence-electron chi connectivity index (χ3n) is 3.78. The molecule has 0 aliphatic rings. The first kappa shape index (κ1) is 18.5. The van der Waals surface area contributed by atoms with Crippen LogP contribution in [0.3, 0.4) is 0 Å². The van der Waals surface area contributed by atoms with Crippen LogP contribution >= 0.6 is 0 Å². The average Bonchev–Trinajstić information content (AvgIpc) is 2.58. The Hall–Kier alpha value is -2.82. The van der Waals surface area contributed by atoms with E-state index in [1.54, 1.807) is 14.1 Å². The lowest BCUT2D eigenvalue weighted by Gasteiger charge is -2.16. The molecule has 0 heterocycles. The minimum absolute atomic E-state index is 0.221. The molecular formula is C20H24N2O3. The molecule has 25 heavy (non-hydrogen) atoms. The number of amides is 1. The number of carbonyl (C=O) groups is 1. The molecule has 0 bridgehead atoms. The maximum absolute atomic E-state index is 12.4. The Labute approximate surface area is 148 Å². The second-order valence-electron chi connectivity index (χ2n) is 6.04. The number of likely N-dealkylation sites (N-methyl/N-ethyl adjacent to an activating group) is 1. The van der Waals surface area contributed by atoms with Crippen LogP contribution in [-0.2, 0) is 16.2 Å². The van der Waals surface area contributed by atoms with E-state index in [9.17, 15) is 4.79 Å². The van der Waals surface area contributed by atoms with Gasteiger partial charge >= 0.3 is 0 Å². The van der Waals surface area contributed by atoms with Gasteiger partial charge in [0.2, 0.25) is 0 Å². The first-order valence-electron chi connectivity index (χ1n) is 8.05. The summed E-state index contributed by atoms with van der Waals surface area (Å²) in [4.78, 5) is 18.8. The highest BCUT2D eigenvalue weighted by atomic mass is 16.6. The molecule has 0 radical (unpaired) electrons. The predicted molar refractivity (Wildman–Crippen MR) is 98.9 cm³/mol. The Morgan fingerprint density at radius 3 is 2.48 bits per heavy atom. The van der Waals surface area contributed by atoms with Gasteiger partial charge < -0.3 is 14.5 Å². The second-order valence-corrected chi connectivity index (χ2v) is 6.04. The summed E-state index contributed by atoms with van der Waals surface area (Å²) in [6, 6.07) is 13.6. The van der Waals surface area contributed by atoms with E-state index in [4.69, 9.17) is 9.57 Å². The average molecular weight is 340 g/mol. The van der Waals surface area contributed by atoms with Crippen molar-refractivity contribution in [2.75, 3.05) is 21.2 Å². The number of nitrogens with zero attached hydrogens (tertiary/aromatic N) is 2. The van der Waals surface area contributed by atoms with Crippen molar-refractivity contribution in [3.63, 3.8) is 0 Å². The third kappa shape index (κ3) is 4.59. The Bertz CT molecular complexity index is 782. The molecule has 132 valence electrons. The minimum Gasteiger partial charge on any atom is -0.489 e. The monoisotopic (exact) mass is 340 g/mol. The summed E-state index contributed by atoms with van der Waals surface area (Å²) in [5.41, 5.74) is 4.09. The molecule has 2 aromatic carbocycles. The van der Waals surface area contributed by atoms with Crippen LogP contribution in [-0.4, -0.2) is 37.7 Å². The van der Waals surface area contributed by atoms with Crippen molar-refractivity contribution in [1.29, 1.82) is 0 Å². The van der Waals surface area contributed by atoms with Crippen molar-refractivity contribution < 1.29 is 14.4 Å². The fraction of sp³-hybridized carbons (Fsp3) is 0.300. The van der Waals surface area contributed by atoms with Gasteiger partial charge in [0.25, 0.3) is 5.91 Å². The van der Waals surface area contributed by atoms with Crippen LogP contribution in [0.25, 0.3) is 0 Å². The molecule has 0 spiro atoms. The van der Waals surface area contributed by atoms with Crippen molar-refractivity contribution >= 4 is 11.6 Å². The molecule has 0 atom stereocenters. The van der Waals surface area contributed by atoms with Gasteiger partial charge in [0.1, 0.15) is 19.5 Å². The zero-order valence-corrected chi connectivity index (χ0v) is 15.4. The number of benzene rings is 2. The van der Waals surface area contributed by atoms with Crippen molar-refractivity contribution in [2.45, 2.75) is 20.5 Å². The standard InChI is InChI=1S/C20H24N2O3/c1-14-10-11-18(15(2)12-14)25-13-16-8-6-7-9-17(16)19(21-24-5)20(23)22(3)4/h6-12H,13H2,1-5H3. The molecule has 0 saturated carbocycles. The number of rotatable bonds is 6. The molecule has 0 N–H and O–H groups in total. The highest BCUT2D eigenvalue weighted by Crippen LogP contribution is 2.21. The van der Waals surface area contributed by atoms with Crippen LogP contribution in [0.5, 0.6) is 5.75 Å². The lowest BCUT2D eigenvalue weighted by molar-refractivity contribution is -0.121. The van der Waals surface area contributed by atoms with Gasteiger partial charge in [-0.15, -0.1) is 0 Å². The van der Waals surface area contributed by atoms with Gasteiger partial charge in [-0.25, -0.2) is 0 Å². The fourth-order valence-electron chi connectivity index (χ4n) is 2.50. The van der Waals surface area contributed by atoms with E-state index in [0.29, 0.717) is 12.2 Å². The third-order valence-corrected chi connectivity index (χ3v) is 3.78. The molecule has 5 heteroatoms. The quantitative estimate of drug-likeness (QED) is 0.599. The molecule has 1 amide bonds. The maximum atomic E-state index is 12.4. The highest BCUT2D eigenvalue weighted by molar-refractivity contribution is 6.45. The van der Waals surface area contributed by atoms with Crippen LogP contribution in [0.1, 0.15) is 22.3 Å². The first-order valence-corrected chi connectivity index (χ1v) is 8.05. The number of ether oxygens (including phenoxy) is 1. The van der Waals surface area contributed by atoms with Gasteiger partial charge in [0.05, 0.1) is 0 Å². The number of aryl methyl sites for hydroxylation is 2. The van der Waals surface area contributed by atoms with Crippen molar-refractivity contribution in [1.82, 2.24) is 4.90 Å². The lowest BCUT2D eigenvalue weighted by Crippen LogP contribution is -2.31. The Balaban J connectivity index is 2.30. The summed E-state index contributed by atoms with van der Waals surface area (Å²) >= 11 is 0. The molecule has 0 aromatic heterocycles. The topological polar surface area (TPSA) is 51.1 Å². The van der Waals surface area contributed by atoms with E-state index < -0.39 is 0 Å². The van der Waals surface area contributed by atoms with E-state index in [0.717, 1.165) is 16.9 Å². The van der Waals surface area contributed by atoms with Gasteiger partial charge in [-0.05, 0) is 31.0 Å². The summed E-state index contributed by atoms with van der Waals surface area (Å²) in [6.45, 7) is 4.40. The van der Waals surface area contributed by atoms with E-state index in [1.165, 1.54) is 17.6 Å². The highest BCUT2D eigenvalue weighted by Gasteiger charge is 2.20. The first-order chi connectivity index (χ1) is 11.9. The van der Waals surface area contributed by atoms with Gasteiger partial charge in [-0.1, -0.05) is 47.1 Å². The van der Waals surface area contributed by atoms with Crippen LogP contribution in [0, 0.1) is 13.8 Å². The van der Waals surface area contributed by atoms with Crippen LogP contribution in [0.4, 0.5) is 0 Å².